The number of ether oxygens (including phenoxy) is 1. The Morgan fingerprint density at radius 1 is 1.25 bits per heavy atom. The minimum absolute atomic E-state index is 0.0360. The van der Waals surface area contributed by atoms with Gasteiger partial charge in [-0.1, -0.05) is 6.07 Å². The molecule has 0 saturated carbocycles. The third-order valence-electron chi connectivity index (χ3n) is 3.15. The highest BCUT2D eigenvalue weighted by molar-refractivity contribution is 5.95. The summed E-state index contributed by atoms with van der Waals surface area (Å²) < 4.78 is 5.25. The Morgan fingerprint density at radius 2 is 1.95 bits per heavy atom. The van der Waals surface area contributed by atoms with E-state index in [1.54, 1.807) is 0 Å². The summed E-state index contributed by atoms with van der Waals surface area (Å²) in [6, 6.07) is 5.83. The third-order valence-corrected chi connectivity index (χ3v) is 3.15. The average Bonchev–Trinajstić information content (AvgIpc) is 2.88. The largest absolute Gasteiger partial charge is 0.368 e. The first-order valence-corrected chi connectivity index (χ1v) is 6.82. The van der Waals surface area contributed by atoms with Crippen molar-refractivity contribution >= 4 is 17.5 Å². The zero-order chi connectivity index (χ0) is 14.5. The molecule has 1 atom stereocenters. The smallest absolute Gasteiger partial charge is 0.249 e. The molecule has 0 bridgehead atoms. The minimum atomic E-state index is -0.399. The summed E-state index contributed by atoms with van der Waals surface area (Å²) in [5.41, 5.74) is 2.92. The second-order valence-electron chi connectivity index (χ2n) is 5.14. The number of carbonyl (C=O) groups is 2. The number of amides is 2. The van der Waals surface area contributed by atoms with E-state index in [-0.39, 0.29) is 18.4 Å². The van der Waals surface area contributed by atoms with Gasteiger partial charge in [0.2, 0.25) is 11.8 Å². The van der Waals surface area contributed by atoms with E-state index in [0.29, 0.717) is 6.61 Å². The number of hydrogen-bond acceptors (Lipinski definition) is 3. The quantitative estimate of drug-likeness (QED) is 0.876. The molecule has 2 rings (SSSR count). The molecule has 1 heterocycles. The third kappa shape index (κ3) is 4.06. The molecule has 1 aromatic rings. The summed E-state index contributed by atoms with van der Waals surface area (Å²) in [7, 11) is 0. The van der Waals surface area contributed by atoms with Crippen LogP contribution in [-0.2, 0) is 14.3 Å². The van der Waals surface area contributed by atoms with Gasteiger partial charge in [0.1, 0.15) is 6.10 Å². The summed E-state index contributed by atoms with van der Waals surface area (Å²) >= 11 is 0. The lowest BCUT2D eigenvalue weighted by Crippen LogP contribution is -2.39. The highest BCUT2D eigenvalue weighted by Gasteiger charge is 2.23. The van der Waals surface area contributed by atoms with E-state index < -0.39 is 6.10 Å². The molecule has 20 heavy (non-hydrogen) atoms. The van der Waals surface area contributed by atoms with Crippen molar-refractivity contribution in [3.05, 3.63) is 29.3 Å². The minimum Gasteiger partial charge on any atom is -0.368 e. The molecule has 2 amide bonds. The predicted molar refractivity (Wildman–Crippen MR) is 76.5 cm³/mol. The number of nitrogens with one attached hydrogen (secondary N) is 2. The van der Waals surface area contributed by atoms with Crippen LogP contribution in [0.3, 0.4) is 0 Å². The standard InChI is InChI=1S/C15H20N2O3/c1-10-6-11(2)8-12(7-10)17-14(18)9-16-15(19)13-4-3-5-20-13/h6-8,13H,3-5,9H2,1-2H3,(H,16,19)(H,17,18). The molecule has 1 aliphatic rings. The van der Waals surface area contributed by atoms with E-state index in [1.807, 2.05) is 32.0 Å². The van der Waals surface area contributed by atoms with Crippen molar-refractivity contribution in [3.8, 4) is 0 Å². The van der Waals surface area contributed by atoms with Gasteiger partial charge in [-0.3, -0.25) is 9.59 Å². The Hall–Kier alpha value is -1.88. The van der Waals surface area contributed by atoms with Crippen LogP contribution in [0.4, 0.5) is 5.69 Å². The fourth-order valence-electron chi connectivity index (χ4n) is 2.32. The highest BCUT2D eigenvalue weighted by Crippen LogP contribution is 2.14. The number of carbonyl (C=O) groups excluding carboxylic acids is 2. The summed E-state index contributed by atoms with van der Waals surface area (Å²) in [5.74, 6) is -0.445. The normalized spacial score (nSPS) is 17.8. The molecular formula is C15H20N2O3. The molecule has 5 nitrogen and oxygen atoms in total. The monoisotopic (exact) mass is 276 g/mol. The van der Waals surface area contributed by atoms with Crippen LogP contribution in [0, 0.1) is 13.8 Å². The molecule has 1 saturated heterocycles. The zero-order valence-electron chi connectivity index (χ0n) is 11.9. The Balaban J connectivity index is 1.81. The second-order valence-corrected chi connectivity index (χ2v) is 5.14. The Morgan fingerprint density at radius 3 is 2.55 bits per heavy atom. The van der Waals surface area contributed by atoms with Crippen LogP contribution >= 0.6 is 0 Å². The van der Waals surface area contributed by atoms with Crippen molar-refractivity contribution < 1.29 is 14.3 Å². The van der Waals surface area contributed by atoms with Crippen LogP contribution in [0.15, 0.2) is 18.2 Å². The van der Waals surface area contributed by atoms with Crippen molar-refractivity contribution in [2.24, 2.45) is 0 Å². The molecule has 0 radical (unpaired) electrons. The van der Waals surface area contributed by atoms with Gasteiger partial charge in [-0.2, -0.15) is 0 Å². The van der Waals surface area contributed by atoms with Crippen molar-refractivity contribution in [3.63, 3.8) is 0 Å². The fourth-order valence-corrected chi connectivity index (χ4v) is 2.32. The van der Waals surface area contributed by atoms with Crippen molar-refractivity contribution in [1.82, 2.24) is 5.32 Å². The number of benzene rings is 1. The lowest BCUT2D eigenvalue weighted by atomic mass is 10.1. The van der Waals surface area contributed by atoms with Crippen LogP contribution in [0.1, 0.15) is 24.0 Å². The van der Waals surface area contributed by atoms with Crippen LogP contribution in [-0.4, -0.2) is 31.1 Å². The van der Waals surface area contributed by atoms with Gasteiger partial charge < -0.3 is 15.4 Å². The van der Waals surface area contributed by atoms with Crippen LogP contribution in [0.2, 0.25) is 0 Å². The van der Waals surface area contributed by atoms with Gasteiger partial charge >= 0.3 is 0 Å². The predicted octanol–water partition coefficient (Wildman–Crippen LogP) is 1.54. The molecule has 1 aromatic carbocycles. The van der Waals surface area contributed by atoms with Crippen LogP contribution < -0.4 is 10.6 Å². The van der Waals surface area contributed by atoms with E-state index in [2.05, 4.69) is 10.6 Å². The van der Waals surface area contributed by atoms with Gasteiger partial charge in [0, 0.05) is 12.3 Å². The summed E-state index contributed by atoms with van der Waals surface area (Å²) in [6.07, 6.45) is 1.22. The first kappa shape index (κ1) is 14.5. The molecule has 1 aliphatic heterocycles. The summed E-state index contributed by atoms with van der Waals surface area (Å²) in [4.78, 5) is 23.5. The lowest BCUT2D eigenvalue weighted by molar-refractivity contribution is -0.131. The number of anilines is 1. The van der Waals surface area contributed by atoms with Gasteiger partial charge in [0.25, 0.3) is 0 Å². The molecule has 2 N–H and O–H groups in total. The average molecular weight is 276 g/mol. The summed E-state index contributed by atoms with van der Waals surface area (Å²) in [6.45, 7) is 4.53. The molecule has 108 valence electrons. The first-order valence-electron chi connectivity index (χ1n) is 6.82. The first-order chi connectivity index (χ1) is 9.54. The SMILES string of the molecule is Cc1cc(C)cc(NC(=O)CNC(=O)C2CCCO2)c1. The molecule has 5 heteroatoms. The molecule has 0 spiro atoms. The van der Waals surface area contributed by atoms with Gasteiger partial charge in [-0.25, -0.2) is 0 Å². The Bertz CT molecular complexity index is 488. The Labute approximate surface area is 118 Å². The van der Waals surface area contributed by atoms with E-state index in [4.69, 9.17) is 4.74 Å². The van der Waals surface area contributed by atoms with Crippen LogP contribution in [0.25, 0.3) is 0 Å². The number of rotatable bonds is 4. The van der Waals surface area contributed by atoms with Gasteiger partial charge in [0.15, 0.2) is 0 Å². The maximum Gasteiger partial charge on any atom is 0.249 e. The number of aryl methyl sites for hydroxylation is 2. The molecular weight excluding hydrogens is 256 g/mol. The lowest BCUT2D eigenvalue weighted by Gasteiger charge is -2.11. The molecule has 0 aliphatic carbocycles. The topological polar surface area (TPSA) is 67.4 Å². The van der Waals surface area contributed by atoms with Crippen LogP contribution in [0.5, 0.6) is 0 Å². The van der Waals surface area contributed by atoms with Crippen molar-refractivity contribution in [2.75, 3.05) is 18.5 Å². The maximum absolute atomic E-state index is 11.8. The van der Waals surface area contributed by atoms with Crippen molar-refractivity contribution in [2.45, 2.75) is 32.8 Å². The second kappa shape index (κ2) is 6.52. The van der Waals surface area contributed by atoms with E-state index in [1.165, 1.54) is 0 Å². The maximum atomic E-state index is 11.8. The molecule has 1 unspecified atom stereocenters. The number of hydrogen-bond donors (Lipinski definition) is 2. The van der Waals surface area contributed by atoms with E-state index in [9.17, 15) is 9.59 Å². The van der Waals surface area contributed by atoms with Gasteiger partial charge in [-0.05, 0) is 49.9 Å². The summed E-state index contributed by atoms with van der Waals surface area (Å²) in [5, 5.41) is 5.37. The Kier molecular flexibility index (Phi) is 4.74. The van der Waals surface area contributed by atoms with Gasteiger partial charge in [-0.15, -0.1) is 0 Å². The highest BCUT2D eigenvalue weighted by atomic mass is 16.5. The van der Waals surface area contributed by atoms with E-state index >= 15 is 0 Å². The van der Waals surface area contributed by atoms with Gasteiger partial charge in [0.05, 0.1) is 6.54 Å². The van der Waals surface area contributed by atoms with Crippen molar-refractivity contribution in [1.29, 1.82) is 0 Å². The zero-order valence-corrected chi connectivity index (χ0v) is 11.9. The van der Waals surface area contributed by atoms with E-state index in [0.717, 1.165) is 29.7 Å². The molecule has 0 aromatic heterocycles. The molecule has 1 fully saturated rings. The fraction of sp³-hybridized carbons (Fsp3) is 0.467.